The van der Waals surface area contributed by atoms with Gasteiger partial charge in [0.25, 0.3) is 0 Å². The molecule has 6 nitrogen and oxygen atoms in total. The molecule has 0 spiro atoms. The quantitative estimate of drug-likeness (QED) is 0.324. The lowest BCUT2D eigenvalue weighted by atomic mass is 9.82. The van der Waals surface area contributed by atoms with Crippen molar-refractivity contribution in [1.82, 2.24) is 0 Å². The van der Waals surface area contributed by atoms with Crippen LogP contribution in [0.15, 0.2) is 52.2 Å². The molecular weight excluding hydrogens is 336 g/mol. The second-order valence-corrected chi connectivity index (χ2v) is 6.53. The molecule has 26 heavy (non-hydrogen) atoms. The standard InChI is InChI=1S/C20H18O6/c1-4-20(2,3)12-13(21)11-14(22)16(24)18(10-8-6-5-7-9-10)26-19(11)17(25)15(12)23/h4-9,21,23-25H,1H2,2-3H3. The molecule has 0 bridgehead atoms. The average molecular weight is 354 g/mol. The van der Waals surface area contributed by atoms with E-state index in [1.165, 1.54) is 6.08 Å². The molecule has 2 aromatic carbocycles. The zero-order valence-corrected chi connectivity index (χ0v) is 14.3. The largest absolute Gasteiger partial charge is 0.507 e. The Morgan fingerprint density at radius 1 is 0.962 bits per heavy atom. The van der Waals surface area contributed by atoms with E-state index in [1.54, 1.807) is 44.2 Å². The average Bonchev–Trinajstić information content (AvgIpc) is 2.62. The number of benzene rings is 2. The van der Waals surface area contributed by atoms with E-state index in [9.17, 15) is 25.2 Å². The van der Waals surface area contributed by atoms with E-state index in [0.29, 0.717) is 5.56 Å². The van der Waals surface area contributed by atoms with Crippen LogP contribution in [-0.4, -0.2) is 20.4 Å². The van der Waals surface area contributed by atoms with E-state index in [2.05, 4.69) is 6.58 Å². The van der Waals surface area contributed by atoms with Crippen molar-refractivity contribution in [3.8, 4) is 34.3 Å². The monoisotopic (exact) mass is 354 g/mol. The second kappa shape index (κ2) is 5.84. The van der Waals surface area contributed by atoms with E-state index in [-0.39, 0.29) is 11.3 Å². The normalized spacial score (nSPS) is 11.6. The lowest BCUT2D eigenvalue weighted by Gasteiger charge is -2.24. The SMILES string of the molecule is C=CC(C)(C)c1c(O)c(O)c2oc(-c3ccccc3)c(O)c(=O)c2c1O. The second-order valence-electron chi connectivity index (χ2n) is 6.53. The van der Waals surface area contributed by atoms with Crippen molar-refractivity contribution in [3.05, 3.63) is 58.8 Å². The predicted molar refractivity (Wildman–Crippen MR) is 97.8 cm³/mol. The summed E-state index contributed by atoms with van der Waals surface area (Å²) in [5, 5.41) is 41.3. The van der Waals surface area contributed by atoms with Gasteiger partial charge in [0.15, 0.2) is 17.1 Å². The summed E-state index contributed by atoms with van der Waals surface area (Å²) in [6, 6.07) is 8.33. The Labute approximate surface area is 148 Å². The van der Waals surface area contributed by atoms with Crippen LogP contribution in [0.1, 0.15) is 19.4 Å². The Balaban J connectivity index is 2.50. The zero-order valence-electron chi connectivity index (χ0n) is 14.3. The minimum absolute atomic E-state index is 0.0864. The van der Waals surface area contributed by atoms with Gasteiger partial charge in [-0.05, 0) is 0 Å². The van der Waals surface area contributed by atoms with Crippen LogP contribution in [0.5, 0.6) is 23.0 Å². The molecule has 1 heterocycles. The van der Waals surface area contributed by atoms with Crippen molar-refractivity contribution in [2.45, 2.75) is 19.3 Å². The van der Waals surface area contributed by atoms with E-state index >= 15 is 0 Å². The van der Waals surface area contributed by atoms with Gasteiger partial charge >= 0.3 is 0 Å². The predicted octanol–water partition coefficient (Wildman–Crippen LogP) is 3.75. The number of hydrogen-bond acceptors (Lipinski definition) is 6. The zero-order chi connectivity index (χ0) is 19.2. The molecule has 0 saturated carbocycles. The topological polar surface area (TPSA) is 111 Å². The van der Waals surface area contributed by atoms with Gasteiger partial charge in [-0.2, -0.15) is 0 Å². The van der Waals surface area contributed by atoms with Gasteiger partial charge in [-0.15, -0.1) is 6.58 Å². The van der Waals surface area contributed by atoms with Crippen LogP contribution in [-0.2, 0) is 5.41 Å². The summed E-state index contributed by atoms with van der Waals surface area (Å²) >= 11 is 0. The van der Waals surface area contributed by atoms with Crippen molar-refractivity contribution < 1.29 is 24.8 Å². The highest BCUT2D eigenvalue weighted by atomic mass is 16.4. The first-order chi connectivity index (χ1) is 12.2. The fraction of sp³-hybridized carbons (Fsp3) is 0.150. The van der Waals surface area contributed by atoms with Gasteiger partial charge in [0.05, 0.1) is 0 Å². The summed E-state index contributed by atoms with van der Waals surface area (Å²) in [4.78, 5) is 12.7. The van der Waals surface area contributed by atoms with Gasteiger partial charge < -0.3 is 24.8 Å². The van der Waals surface area contributed by atoms with Gasteiger partial charge in [-0.3, -0.25) is 4.79 Å². The van der Waals surface area contributed by atoms with Crippen molar-refractivity contribution in [1.29, 1.82) is 0 Å². The first kappa shape index (κ1) is 17.4. The molecule has 3 aromatic rings. The van der Waals surface area contributed by atoms with Crippen LogP contribution in [0.25, 0.3) is 22.3 Å². The Bertz CT molecular complexity index is 1080. The number of phenolic OH excluding ortho intramolecular Hbond substituents is 3. The van der Waals surface area contributed by atoms with Crippen molar-refractivity contribution in [3.63, 3.8) is 0 Å². The Hall–Kier alpha value is -3.41. The number of aromatic hydroxyl groups is 4. The highest BCUT2D eigenvalue weighted by Gasteiger charge is 2.32. The maximum absolute atomic E-state index is 12.7. The minimum atomic E-state index is -0.958. The van der Waals surface area contributed by atoms with Crippen LogP contribution in [0.4, 0.5) is 0 Å². The third-order valence-corrected chi connectivity index (χ3v) is 4.43. The Kier molecular flexibility index (Phi) is 3.91. The fourth-order valence-electron chi connectivity index (χ4n) is 2.87. The number of fused-ring (bicyclic) bond motifs is 1. The first-order valence-corrected chi connectivity index (χ1v) is 7.86. The maximum atomic E-state index is 12.7. The Morgan fingerprint density at radius 2 is 1.58 bits per heavy atom. The van der Waals surface area contributed by atoms with Gasteiger partial charge in [0, 0.05) is 16.5 Å². The lowest BCUT2D eigenvalue weighted by molar-refractivity contribution is 0.376. The smallest absolute Gasteiger partial charge is 0.238 e. The van der Waals surface area contributed by atoms with Gasteiger partial charge in [-0.25, -0.2) is 0 Å². The third-order valence-electron chi connectivity index (χ3n) is 4.43. The summed E-state index contributed by atoms with van der Waals surface area (Å²) in [7, 11) is 0. The van der Waals surface area contributed by atoms with Crippen LogP contribution in [0.2, 0.25) is 0 Å². The van der Waals surface area contributed by atoms with Crippen LogP contribution < -0.4 is 5.43 Å². The van der Waals surface area contributed by atoms with E-state index in [1.807, 2.05) is 0 Å². The highest BCUT2D eigenvalue weighted by Crippen LogP contribution is 2.49. The highest BCUT2D eigenvalue weighted by molar-refractivity contribution is 5.95. The van der Waals surface area contributed by atoms with Crippen LogP contribution >= 0.6 is 0 Å². The molecule has 134 valence electrons. The summed E-state index contributed by atoms with van der Waals surface area (Å²) in [5.74, 6) is -2.77. The number of phenols is 3. The summed E-state index contributed by atoms with van der Waals surface area (Å²) in [6.45, 7) is 6.92. The molecule has 0 saturated heterocycles. The summed E-state index contributed by atoms with van der Waals surface area (Å²) < 4.78 is 5.51. The van der Waals surface area contributed by atoms with Crippen molar-refractivity contribution in [2.24, 2.45) is 0 Å². The molecule has 6 heteroatoms. The molecule has 0 aliphatic rings. The molecular formula is C20H18O6. The molecule has 0 radical (unpaired) electrons. The van der Waals surface area contributed by atoms with E-state index < -0.39 is 44.8 Å². The van der Waals surface area contributed by atoms with E-state index in [0.717, 1.165) is 0 Å². The molecule has 0 aliphatic heterocycles. The van der Waals surface area contributed by atoms with Gasteiger partial charge in [0.2, 0.25) is 16.9 Å². The summed E-state index contributed by atoms with van der Waals surface area (Å²) in [6.07, 6.45) is 1.45. The van der Waals surface area contributed by atoms with Crippen LogP contribution in [0.3, 0.4) is 0 Å². The Morgan fingerprint density at radius 3 is 2.15 bits per heavy atom. The molecule has 0 atom stereocenters. The van der Waals surface area contributed by atoms with Crippen molar-refractivity contribution in [2.75, 3.05) is 0 Å². The number of allylic oxidation sites excluding steroid dienone is 1. The van der Waals surface area contributed by atoms with Crippen molar-refractivity contribution >= 4 is 11.0 Å². The van der Waals surface area contributed by atoms with Gasteiger partial charge in [0.1, 0.15) is 11.1 Å². The molecule has 0 unspecified atom stereocenters. The van der Waals surface area contributed by atoms with Gasteiger partial charge in [-0.1, -0.05) is 50.3 Å². The fourth-order valence-corrected chi connectivity index (χ4v) is 2.87. The van der Waals surface area contributed by atoms with E-state index in [4.69, 9.17) is 4.42 Å². The van der Waals surface area contributed by atoms with Crippen LogP contribution in [0, 0.1) is 0 Å². The number of hydrogen-bond donors (Lipinski definition) is 4. The maximum Gasteiger partial charge on any atom is 0.238 e. The lowest BCUT2D eigenvalue weighted by Crippen LogP contribution is -2.15. The minimum Gasteiger partial charge on any atom is -0.507 e. The molecule has 0 aliphatic carbocycles. The molecule has 1 aromatic heterocycles. The summed E-state index contributed by atoms with van der Waals surface area (Å²) in [5.41, 5.74) is -1.97. The first-order valence-electron chi connectivity index (χ1n) is 7.86. The number of rotatable bonds is 3. The molecule has 4 N–H and O–H groups in total. The molecule has 0 amide bonds. The molecule has 0 fully saturated rings. The molecule has 3 rings (SSSR count). The third kappa shape index (κ3) is 2.38.